The van der Waals surface area contributed by atoms with Crippen LogP contribution in [0.25, 0.3) is 10.2 Å². The van der Waals surface area contributed by atoms with Gasteiger partial charge in [-0.3, -0.25) is 4.79 Å². The first kappa shape index (κ1) is 15.5. The van der Waals surface area contributed by atoms with Crippen LogP contribution in [0.5, 0.6) is 0 Å². The minimum atomic E-state index is -0.0479. The zero-order chi connectivity index (χ0) is 16.5. The molecule has 2 heterocycles. The second-order valence-electron chi connectivity index (χ2n) is 6.49. The molecule has 3 aromatic rings. The molecule has 1 aliphatic rings. The van der Waals surface area contributed by atoms with Gasteiger partial charge >= 0.3 is 0 Å². The molecule has 0 saturated heterocycles. The molecular weight excluding hydrogens is 318 g/mol. The molecule has 2 N–H and O–H groups in total. The van der Waals surface area contributed by atoms with Crippen molar-refractivity contribution in [2.24, 2.45) is 0 Å². The van der Waals surface area contributed by atoms with Crippen LogP contribution in [0, 0.1) is 0 Å². The average Bonchev–Trinajstić information content (AvgIpc) is 3.08. The molecule has 1 aromatic carbocycles. The summed E-state index contributed by atoms with van der Waals surface area (Å²) in [6.07, 6.45) is 5.01. The van der Waals surface area contributed by atoms with Gasteiger partial charge in [0.1, 0.15) is 10.5 Å². The predicted octanol–water partition coefficient (Wildman–Crippen LogP) is 3.71. The van der Waals surface area contributed by atoms with Gasteiger partial charge in [0.15, 0.2) is 0 Å². The monoisotopic (exact) mass is 339 g/mol. The van der Waals surface area contributed by atoms with Crippen molar-refractivity contribution in [3.05, 3.63) is 62.5 Å². The zero-order valence-electron chi connectivity index (χ0n) is 13.8. The Bertz CT molecular complexity index is 928. The Morgan fingerprint density at radius 3 is 2.96 bits per heavy atom. The molecule has 0 radical (unpaired) electrons. The van der Waals surface area contributed by atoms with Gasteiger partial charge in [-0.25, -0.2) is 4.98 Å². The molecule has 0 saturated carbocycles. The maximum absolute atomic E-state index is 12.0. The molecule has 1 aliphatic carbocycles. The van der Waals surface area contributed by atoms with Crippen molar-refractivity contribution in [1.29, 1.82) is 0 Å². The molecule has 4 nitrogen and oxygen atoms in total. The number of thiophene rings is 1. The Balaban J connectivity index is 1.49. The highest BCUT2D eigenvalue weighted by atomic mass is 32.1. The lowest BCUT2D eigenvalue weighted by atomic mass is 9.89. The summed E-state index contributed by atoms with van der Waals surface area (Å²) in [5, 5.41) is 5.38. The fourth-order valence-electron chi connectivity index (χ4n) is 3.40. The normalized spacial score (nSPS) is 15.4. The number of rotatable bonds is 4. The first-order valence-corrected chi connectivity index (χ1v) is 9.40. The van der Waals surface area contributed by atoms with Gasteiger partial charge in [-0.1, -0.05) is 18.2 Å². The van der Waals surface area contributed by atoms with Crippen molar-refractivity contribution >= 4 is 21.6 Å². The van der Waals surface area contributed by atoms with E-state index in [0.717, 1.165) is 5.52 Å². The fourth-order valence-corrected chi connectivity index (χ4v) is 4.12. The fraction of sp³-hybridized carbons (Fsp3) is 0.368. The van der Waals surface area contributed by atoms with E-state index in [0.29, 0.717) is 17.1 Å². The first-order valence-electron chi connectivity index (χ1n) is 8.52. The van der Waals surface area contributed by atoms with E-state index in [-0.39, 0.29) is 11.6 Å². The maximum atomic E-state index is 12.0. The van der Waals surface area contributed by atoms with Crippen molar-refractivity contribution < 1.29 is 0 Å². The van der Waals surface area contributed by atoms with E-state index in [9.17, 15) is 4.79 Å². The smallest absolute Gasteiger partial charge is 0.268 e. The second-order valence-corrected chi connectivity index (χ2v) is 7.40. The number of aromatic amines is 1. The van der Waals surface area contributed by atoms with Crippen LogP contribution in [-0.4, -0.2) is 9.97 Å². The van der Waals surface area contributed by atoms with E-state index in [2.05, 4.69) is 40.4 Å². The Hall–Kier alpha value is -1.98. The lowest BCUT2D eigenvalue weighted by Crippen LogP contribution is -2.22. The number of aromatic nitrogens is 2. The minimum absolute atomic E-state index is 0.0479. The van der Waals surface area contributed by atoms with Crippen molar-refractivity contribution in [1.82, 2.24) is 15.3 Å². The molecule has 0 aliphatic heterocycles. The van der Waals surface area contributed by atoms with Gasteiger partial charge in [0, 0.05) is 6.04 Å². The summed E-state index contributed by atoms with van der Waals surface area (Å²) in [6.45, 7) is 2.71. The van der Waals surface area contributed by atoms with Gasteiger partial charge in [-0.05, 0) is 60.7 Å². The van der Waals surface area contributed by atoms with Crippen LogP contribution >= 0.6 is 11.3 Å². The number of nitrogens with zero attached hydrogens (tertiary/aromatic N) is 1. The molecule has 1 atom stereocenters. The van der Waals surface area contributed by atoms with Gasteiger partial charge < -0.3 is 10.3 Å². The minimum Gasteiger partial charge on any atom is -0.308 e. The summed E-state index contributed by atoms with van der Waals surface area (Å²) in [4.78, 5) is 19.4. The first-order chi connectivity index (χ1) is 11.7. The molecule has 124 valence electrons. The molecule has 0 unspecified atom stereocenters. The third-order valence-electron chi connectivity index (χ3n) is 4.81. The van der Waals surface area contributed by atoms with Crippen molar-refractivity contribution in [2.45, 2.75) is 45.2 Å². The molecule has 4 rings (SSSR count). The van der Waals surface area contributed by atoms with Crippen LogP contribution in [0.15, 0.2) is 34.4 Å². The third kappa shape index (κ3) is 3.01. The summed E-state index contributed by atoms with van der Waals surface area (Å²) in [5.74, 6) is 0.690. The van der Waals surface area contributed by atoms with Gasteiger partial charge in [0.2, 0.25) is 0 Å². The van der Waals surface area contributed by atoms with E-state index in [1.165, 1.54) is 53.7 Å². The third-order valence-corrected chi connectivity index (χ3v) is 5.71. The van der Waals surface area contributed by atoms with E-state index in [1.54, 1.807) is 0 Å². The molecular formula is C19H21N3OS. The van der Waals surface area contributed by atoms with Gasteiger partial charge in [0.25, 0.3) is 5.56 Å². The molecule has 0 fully saturated rings. The van der Waals surface area contributed by atoms with Crippen LogP contribution in [0.2, 0.25) is 0 Å². The molecule has 0 bridgehead atoms. The summed E-state index contributed by atoms with van der Waals surface area (Å²) < 4.78 is 0.696. The highest BCUT2D eigenvalue weighted by Crippen LogP contribution is 2.24. The van der Waals surface area contributed by atoms with Crippen molar-refractivity contribution in [3.8, 4) is 0 Å². The number of benzene rings is 1. The average molecular weight is 339 g/mol. The second kappa shape index (κ2) is 6.49. The van der Waals surface area contributed by atoms with E-state index < -0.39 is 0 Å². The maximum Gasteiger partial charge on any atom is 0.268 e. The summed E-state index contributed by atoms with van der Waals surface area (Å²) in [5.41, 5.74) is 5.04. The molecule has 0 spiro atoms. The zero-order valence-corrected chi connectivity index (χ0v) is 14.6. The van der Waals surface area contributed by atoms with E-state index in [4.69, 9.17) is 0 Å². The Labute approximate surface area is 145 Å². The number of H-pyrrole nitrogens is 1. The van der Waals surface area contributed by atoms with Crippen LogP contribution in [0.1, 0.15) is 48.3 Å². The van der Waals surface area contributed by atoms with Crippen LogP contribution in [0.4, 0.5) is 0 Å². The quantitative estimate of drug-likeness (QED) is 0.762. The Kier molecular flexibility index (Phi) is 4.21. The number of aryl methyl sites for hydroxylation is 2. The molecule has 0 amide bonds. The summed E-state index contributed by atoms with van der Waals surface area (Å²) >= 11 is 1.43. The standard InChI is InChI=1S/C19H21N3OS/c1-12(14-7-6-13-4-2-3-5-15(13)10-14)20-11-17-21-16-8-9-24-18(16)19(23)22-17/h6-10,12,20H,2-5,11H2,1H3,(H,21,22,23)/t12-/m0/s1. The van der Waals surface area contributed by atoms with Crippen LogP contribution < -0.4 is 10.9 Å². The highest BCUT2D eigenvalue weighted by Gasteiger charge is 2.13. The van der Waals surface area contributed by atoms with Crippen molar-refractivity contribution in [3.63, 3.8) is 0 Å². The van der Waals surface area contributed by atoms with Crippen LogP contribution in [-0.2, 0) is 19.4 Å². The Morgan fingerprint density at radius 2 is 2.08 bits per heavy atom. The van der Waals surface area contributed by atoms with E-state index >= 15 is 0 Å². The summed E-state index contributed by atoms with van der Waals surface area (Å²) in [7, 11) is 0. The van der Waals surface area contributed by atoms with E-state index in [1.807, 2.05) is 11.4 Å². The van der Waals surface area contributed by atoms with Crippen molar-refractivity contribution in [2.75, 3.05) is 0 Å². The largest absolute Gasteiger partial charge is 0.308 e. The SMILES string of the molecule is C[C@H](NCc1nc2ccsc2c(=O)[nH]1)c1ccc2c(c1)CCCC2. The topological polar surface area (TPSA) is 57.8 Å². The predicted molar refractivity (Wildman–Crippen MR) is 98.6 cm³/mol. The number of hydrogen-bond acceptors (Lipinski definition) is 4. The molecule has 5 heteroatoms. The summed E-state index contributed by atoms with van der Waals surface area (Å²) in [6, 6.07) is 8.95. The number of fused-ring (bicyclic) bond motifs is 2. The molecule has 2 aromatic heterocycles. The Morgan fingerprint density at radius 1 is 1.25 bits per heavy atom. The number of hydrogen-bond donors (Lipinski definition) is 2. The van der Waals surface area contributed by atoms with Gasteiger partial charge in [0.05, 0.1) is 12.1 Å². The van der Waals surface area contributed by atoms with Gasteiger partial charge in [-0.15, -0.1) is 11.3 Å². The van der Waals surface area contributed by atoms with Gasteiger partial charge in [-0.2, -0.15) is 0 Å². The lowest BCUT2D eigenvalue weighted by Gasteiger charge is -2.20. The lowest BCUT2D eigenvalue weighted by molar-refractivity contribution is 0.558. The highest BCUT2D eigenvalue weighted by molar-refractivity contribution is 7.17. The number of nitrogens with one attached hydrogen (secondary N) is 2. The molecule has 24 heavy (non-hydrogen) atoms. The van der Waals surface area contributed by atoms with Crippen LogP contribution in [0.3, 0.4) is 0 Å².